The van der Waals surface area contributed by atoms with E-state index in [4.69, 9.17) is 4.74 Å². The third-order valence-electron chi connectivity index (χ3n) is 8.43. The van der Waals surface area contributed by atoms with Crippen LogP contribution in [0, 0.1) is 0 Å². The third kappa shape index (κ3) is 9.30. The zero-order chi connectivity index (χ0) is 37.9. The van der Waals surface area contributed by atoms with Crippen molar-refractivity contribution in [2.45, 2.75) is 51.6 Å². The Labute approximate surface area is 300 Å². The van der Waals surface area contributed by atoms with E-state index in [2.05, 4.69) is 16.0 Å². The molecule has 0 aromatic heterocycles. The van der Waals surface area contributed by atoms with Gasteiger partial charge in [0.2, 0.25) is 11.8 Å². The quantitative estimate of drug-likeness (QED) is 0.0531. The average Bonchev–Trinajstić information content (AvgIpc) is 3.12. The molecule has 4 aromatic rings. The van der Waals surface area contributed by atoms with Crippen molar-refractivity contribution in [2.24, 2.45) is 0 Å². The molecule has 0 bridgehead atoms. The Kier molecular flexibility index (Phi) is 13.1. The number of nitrogens with one attached hydrogen (secondary N) is 3. The van der Waals surface area contributed by atoms with Crippen LogP contribution in [0.1, 0.15) is 71.0 Å². The van der Waals surface area contributed by atoms with Gasteiger partial charge < -0.3 is 20.7 Å². The van der Waals surface area contributed by atoms with E-state index in [0.717, 1.165) is 12.1 Å². The number of alkyl halides is 3. The summed E-state index contributed by atoms with van der Waals surface area (Å²) >= 11 is 0. The molecule has 4 rings (SSSR count). The lowest BCUT2D eigenvalue weighted by Gasteiger charge is -2.31. The number of ketones is 1. The van der Waals surface area contributed by atoms with Crippen molar-refractivity contribution < 1.29 is 41.9 Å². The molecule has 0 aliphatic heterocycles. The Balaban J connectivity index is 1.44. The standard InChI is InChI=1S/C40H40F3N3O6/c1-4-44-37(50)39(38(51)45-5-2,29-12-7-6-8-13-29)22-11-23-52-35(48)25-27-16-21-34(33(24-27)26(3)47)46-36(49)32-15-10-9-14-31(32)28-17-19-30(20-18-28)40(41,42)43/h6-10,12-21,24H,4-5,11,22-23,25H2,1-3H3,(H,44,50)(H,45,51)(H,46,49). The van der Waals surface area contributed by atoms with Crippen molar-refractivity contribution in [3.63, 3.8) is 0 Å². The summed E-state index contributed by atoms with van der Waals surface area (Å²) < 4.78 is 44.7. The molecule has 4 aromatic carbocycles. The molecule has 3 N–H and O–H groups in total. The van der Waals surface area contributed by atoms with Crippen LogP contribution >= 0.6 is 0 Å². The van der Waals surface area contributed by atoms with Gasteiger partial charge in [0, 0.05) is 24.2 Å². The number of esters is 1. The van der Waals surface area contributed by atoms with Gasteiger partial charge in [-0.25, -0.2) is 0 Å². The number of hydrogen-bond donors (Lipinski definition) is 3. The first-order chi connectivity index (χ1) is 24.8. The number of amides is 3. The number of likely N-dealkylation sites (N-methyl/N-ethyl adjacent to an activating group) is 2. The Morgan fingerprint density at radius 3 is 1.92 bits per heavy atom. The lowest BCUT2D eigenvalue weighted by Crippen LogP contribution is -2.55. The molecular formula is C40H40F3N3O6. The second-order valence-electron chi connectivity index (χ2n) is 12.0. The molecule has 9 nitrogen and oxygen atoms in total. The van der Waals surface area contributed by atoms with E-state index >= 15 is 0 Å². The van der Waals surface area contributed by atoms with Crippen molar-refractivity contribution in [1.82, 2.24) is 10.6 Å². The number of carbonyl (C=O) groups is 5. The van der Waals surface area contributed by atoms with Gasteiger partial charge in [-0.1, -0.05) is 66.7 Å². The molecule has 52 heavy (non-hydrogen) atoms. The smallest absolute Gasteiger partial charge is 0.416 e. The zero-order valence-corrected chi connectivity index (χ0v) is 29.1. The lowest BCUT2D eigenvalue weighted by atomic mass is 9.74. The minimum Gasteiger partial charge on any atom is -0.465 e. The maximum atomic E-state index is 13.4. The second-order valence-corrected chi connectivity index (χ2v) is 12.0. The summed E-state index contributed by atoms with van der Waals surface area (Å²) in [6, 6.07) is 24.1. The molecule has 0 saturated heterocycles. The number of anilines is 1. The maximum absolute atomic E-state index is 13.4. The molecule has 0 atom stereocenters. The van der Waals surface area contributed by atoms with E-state index < -0.39 is 40.8 Å². The van der Waals surface area contributed by atoms with Gasteiger partial charge in [0.1, 0.15) is 0 Å². The van der Waals surface area contributed by atoms with Gasteiger partial charge in [0.05, 0.1) is 24.3 Å². The van der Waals surface area contributed by atoms with Crippen LogP contribution < -0.4 is 16.0 Å². The molecule has 0 heterocycles. The third-order valence-corrected chi connectivity index (χ3v) is 8.43. The first kappa shape index (κ1) is 39.0. The van der Waals surface area contributed by atoms with E-state index in [9.17, 15) is 37.1 Å². The van der Waals surface area contributed by atoms with E-state index in [1.165, 1.54) is 37.3 Å². The largest absolute Gasteiger partial charge is 0.465 e. The molecule has 12 heteroatoms. The van der Waals surface area contributed by atoms with Crippen LogP contribution in [0.5, 0.6) is 0 Å². The molecule has 0 spiro atoms. The van der Waals surface area contributed by atoms with Gasteiger partial charge in [-0.15, -0.1) is 0 Å². The minimum absolute atomic E-state index is 0.0712. The SMILES string of the molecule is CCNC(=O)C(CCCOC(=O)Cc1ccc(NC(=O)c2ccccc2-c2ccc(C(F)(F)F)cc2)c(C(C)=O)c1)(C(=O)NCC)c1ccccc1. The van der Waals surface area contributed by atoms with Crippen LogP contribution in [0.4, 0.5) is 18.9 Å². The zero-order valence-electron chi connectivity index (χ0n) is 29.1. The van der Waals surface area contributed by atoms with Crippen molar-refractivity contribution in [3.05, 3.63) is 125 Å². The molecular weight excluding hydrogens is 675 g/mol. The fraction of sp³-hybridized carbons (Fsp3) is 0.275. The van der Waals surface area contributed by atoms with Gasteiger partial charge in [0.15, 0.2) is 11.2 Å². The second kappa shape index (κ2) is 17.4. The molecule has 0 fully saturated rings. The number of carbonyl (C=O) groups excluding carboxylic acids is 5. The Morgan fingerprint density at radius 2 is 1.33 bits per heavy atom. The first-order valence-corrected chi connectivity index (χ1v) is 16.8. The van der Waals surface area contributed by atoms with Crippen LogP contribution in [-0.2, 0) is 37.1 Å². The summed E-state index contributed by atoms with van der Waals surface area (Å²) in [7, 11) is 0. The summed E-state index contributed by atoms with van der Waals surface area (Å²) in [5, 5.41) is 8.25. The van der Waals surface area contributed by atoms with Gasteiger partial charge in [0.25, 0.3) is 5.91 Å². The summed E-state index contributed by atoms with van der Waals surface area (Å²) in [5.74, 6) is -2.47. The maximum Gasteiger partial charge on any atom is 0.416 e. The van der Waals surface area contributed by atoms with Crippen LogP contribution in [0.15, 0.2) is 97.1 Å². The highest BCUT2D eigenvalue weighted by molar-refractivity contribution is 6.12. The van der Waals surface area contributed by atoms with E-state index in [1.807, 2.05) is 0 Å². The van der Waals surface area contributed by atoms with Crippen molar-refractivity contribution in [3.8, 4) is 11.1 Å². The van der Waals surface area contributed by atoms with Crippen molar-refractivity contribution in [1.29, 1.82) is 0 Å². The number of ether oxygens (including phenoxy) is 1. The van der Waals surface area contributed by atoms with Gasteiger partial charge in [-0.05, 0) is 86.2 Å². The van der Waals surface area contributed by atoms with E-state index in [1.54, 1.807) is 68.4 Å². The predicted octanol–water partition coefficient (Wildman–Crippen LogP) is 6.90. The first-order valence-electron chi connectivity index (χ1n) is 16.8. The summed E-state index contributed by atoms with van der Waals surface area (Å²) in [5.41, 5.74) is -0.0755. The van der Waals surface area contributed by atoms with Gasteiger partial charge >= 0.3 is 12.1 Å². The normalized spacial score (nSPS) is 11.3. The average molecular weight is 716 g/mol. The molecule has 0 unspecified atom stereocenters. The van der Waals surface area contributed by atoms with E-state index in [0.29, 0.717) is 35.3 Å². The predicted molar refractivity (Wildman–Crippen MR) is 191 cm³/mol. The molecule has 0 aliphatic carbocycles. The van der Waals surface area contributed by atoms with Gasteiger partial charge in [-0.3, -0.25) is 24.0 Å². The lowest BCUT2D eigenvalue weighted by molar-refractivity contribution is -0.143. The fourth-order valence-corrected chi connectivity index (χ4v) is 5.89. The van der Waals surface area contributed by atoms with Crippen LogP contribution in [0.25, 0.3) is 11.1 Å². The minimum atomic E-state index is -4.50. The summed E-state index contributed by atoms with van der Waals surface area (Å²) in [6.07, 6.45) is -4.42. The number of hydrogen-bond acceptors (Lipinski definition) is 6. The fourth-order valence-electron chi connectivity index (χ4n) is 5.89. The van der Waals surface area contributed by atoms with Crippen molar-refractivity contribution in [2.75, 3.05) is 25.0 Å². The summed E-state index contributed by atoms with van der Waals surface area (Å²) in [6.45, 7) is 5.41. The Morgan fingerprint density at radius 1 is 0.712 bits per heavy atom. The molecule has 3 amide bonds. The van der Waals surface area contributed by atoms with Crippen molar-refractivity contribution >= 4 is 35.2 Å². The molecule has 0 aliphatic rings. The van der Waals surface area contributed by atoms with Gasteiger partial charge in [-0.2, -0.15) is 13.2 Å². The highest BCUT2D eigenvalue weighted by atomic mass is 19.4. The summed E-state index contributed by atoms with van der Waals surface area (Å²) in [4.78, 5) is 65.6. The highest BCUT2D eigenvalue weighted by Gasteiger charge is 2.46. The Bertz CT molecular complexity index is 1890. The molecule has 0 saturated carbocycles. The van der Waals surface area contributed by atoms with Crippen LogP contribution in [0.3, 0.4) is 0 Å². The molecule has 272 valence electrons. The number of rotatable bonds is 15. The molecule has 0 radical (unpaired) electrons. The number of benzene rings is 4. The monoisotopic (exact) mass is 715 g/mol. The Hall–Kier alpha value is -5.78. The number of Topliss-reactive ketones (excluding diaryl/α,β-unsaturated/α-hetero) is 1. The topological polar surface area (TPSA) is 131 Å². The number of halogens is 3. The van der Waals surface area contributed by atoms with Crippen LogP contribution in [0.2, 0.25) is 0 Å². The van der Waals surface area contributed by atoms with E-state index in [-0.39, 0.29) is 48.5 Å². The van der Waals surface area contributed by atoms with Crippen LogP contribution in [-0.4, -0.2) is 49.2 Å². The highest BCUT2D eigenvalue weighted by Crippen LogP contribution is 2.33.